The van der Waals surface area contributed by atoms with Gasteiger partial charge >= 0.3 is 6.09 Å². The first-order chi connectivity index (χ1) is 20.5. The van der Waals surface area contributed by atoms with Crippen LogP contribution in [0.3, 0.4) is 0 Å². The van der Waals surface area contributed by atoms with E-state index >= 15 is 0 Å². The zero-order chi connectivity index (χ0) is 28.4. The lowest BCUT2D eigenvalue weighted by Gasteiger charge is -2.31. The van der Waals surface area contributed by atoms with Crippen molar-refractivity contribution < 1.29 is 14.3 Å². The van der Waals surface area contributed by atoms with Crippen molar-refractivity contribution in [2.75, 3.05) is 6.61 Å². The minimum absolute atomic E-state index is 0.0111. The molecule has 1 amide bonds. The highest BCUT2D eigenvalue weighted by atomic mass is 79.9. The smallest absolute Gasteiger partial charge is 0.407 e. The average molecular weight is 622 g/mol. The summed E-state index contributed by atoms with van der Waals surface area (Å²) in [7, 11) is 0. The minimum atomic E-state index is -0.472. The van der Waals surface area contributed by atoms with Crippen LogP contribution in [0.15, 0.2) is 83.5 Å². The number of imidazole rings is 1. The van der Waals surface area contributed by atoms with Gasteiger partial charge in [-0.05, 0) is 64.9 Å². The molecule has 2 N–H and O–H groups in total. The predicted molar refractivity (Wildman–Crippen MR) is 164 cm³/mol. The number of H-pyrrole nitrogens is 1. The number of alkyl carbamates (subject to hydrolysis) is 1. The number of aryl methyl sites for hydroxylation is 1. The molecule has 210 valence electrons. The largest absolute Gasteiger partial charge is 0.449 e. The Bertz CT molecular complexity index is 1830. The first-order valence-corrected chi connectivity index (χ1v) is 15.3. The molecule has 0 spiro atoms. The number of hydrogen-bond acceptors (Lipinski definition) is 4. The number of amides is 1. The van der Waals surface area contributed by atoms with Crippen LogP contribution in [0, 0.1) is 0 Å². The molecule has 3 atom stereocenters. The summed E-state index contributed by atoms with van der Waals surface area (Å²) in [4.78, 5) is 35.4. The maximum Gasteiger partial charge on any atom is 0.407 e. The summed E-state index contributed by atoms with van der Waals surface area (Å²) in [5.41, 5.74) is 8.78. The molecule has 7 nitrogen and oxygen atoms in total. The molecular weight excluding hydrogens is 592 g/mol. The van der Waals surface area contributed by atoms with Gasteiger partial charge in [0.15, 0.2) is 0 Å². The van der Waals surface area contributed by atoms with Crippen LogP contribution in [-0.4, -0.2) is 39.1 Å². The molecule has 3 heterocycles. The molecule has 1 aliphatic heterocycles. The number of aromatic nitrogens is 3. The second-order valence-electron chi connectivity index (χ2n) is 11.6. The maximum absolute atomic E-state index is 13.9. The van der Waals surface area contributed by atoms with E-state index in [4.69, 9.17) is 9.72 Å². The van der Waals surface area contributed by atoms with Crippen LogP contribution in [0.5, 0.6) is 0 Å². The molecule has 8 heteroatoms. The minimum Gasteiger partial charge on any atom is -0.449 e. The van der Waals surface area contributed by atoms with Gasteiger partial charge in [-0.25, -0.2) is 9.78 Å². The molecule has 3 aromatic carbocycles. The molecule has 0 bridgehead atoms. The number of nitrogens with one attached hydrogen (secondary N) is 2. The molecule has 0 saturated heterocycles. The molecule has 0 fully saturated rings. The van der Waals surface area contributed by atoms with Crippen LogP contribution in [-0.2, 0) is 22.5 Å². The molecule has 2 aromatic heterocycles. The number of hydrogen-bond donors (Lipinski definition) is 2. The molecular formula is C34H29BrN4O3. The van der Waals surface area contributed by atoms with Crippen molar-refractivity contribution >= 4 is 38.8 Å². The Morgan fingerprint density at radius 2 is 1.81 bits per heavy atom. The number of halogens is 1. The fourth-order valence-electron chi connectivity index (χ4n) is 7.32. The van der Waals surface area contributed by atoms with Crippen molar-refractivity contribution in [1.82, 2.24) is 19.9 Å². The van der Waals surface area contributed by atoms with E-state index in [-0.39, 0.29) is 30.3 Å². The van der Waals surface area contributed by atoms with Crippen molar-refractivity contribution in [3.8, 4) is 11.1 Å². The fourth-order valence-corrected chi connectivity index (χ4v) is 7.68. The molecule has 3 aliphatic rings. The maximum atomic E-state index is 13.9. The fraction of sp³-hybridized carbons (Fsp3) is 0.265. The van der Waals surface area contributed by atoms with Crippen molar-refractivity contribution in [3.63, 3.8) is 0 Å². The summed E-state index contributed by atoms with van der Waals surface area (Å²) < 4.78 is 9.04. The standard InChI is InChI=1S/C34H29BrN4O3/c35-21-10-12-27-29(16-21)37-33(36-27)20-15-30(40)31-28(11-9-19-13-14-39(17-20)32(19)31)38-34(41)42-18-26-24-7-3-1-5-22(24)23-6-2-4-8-25(23)26/h1-8,10,12-14,16,20,26,28,31H,9,11,15,17-18H2,(H,36,37)(H,38,41)/t20-,28-,31?/m0/s1. The van der Waals surface area contributed by atoms with E-state index in [1.165, 1.54) is 27.8 Å². The number of aromatic amines is 1. The van der Waals surface area contributed by atoms with Crippen molar-refractivity contribution in [3.05, 3.63) is 112 Å². The van der Waals surface area contributed by atoms with Gasteiger partial charge in [0, 0.05) is 47.2 Å². The van der Waals surface area contributed by atoms with Gasteiger partial charge < -0.3 is 19.6 Å². The van der Waals surface area contributed by atoms with Crippen LogP contribution in [0.2, 0.25) is 0 Å². The zero-order valence-electron chi connectivity index (χ0n) is 22.8. The number of carbonyl (C=O) groups is 2. The molecule has 5 aromatic rings. The number of fused-ring (bicyclic) bond motifs is 4. The van der Waals surface area contributed by atoms with E-state index in [9.17, 15) is 9.59 Å². The van der Waals surface area contributed by atoms with E-state index in [1.807, 2.05) is 42.5 Å². The molecule has 1 unspecified atom stereocenters. The first kappa shape index (κ1) is 25.5. The lowest BCUT2D eigenvalue weighted by atomic mass is 9.79. The Morgan fingerprint density at radius 1 is 1.05 bits per heavy atom. The Balaban J connectivity index is 1.01. The lowest BCUT2D eigenvalue weighted by Crippen LogP contribution is -2.45. The van der Waals surface area contributed by atoms with Gasteiger partial charge in [0.25, 0.3) is 0 Å². The van der Waals surface area contributed by atoms with Crippen molar-refractivity contribution in [2.45, 2.75) is 49.6 Å². The Labute approximate surface area is 251 Å². The summed E-state index contributed by atoms with van der Waals surface area (Å²) in [6.07, 6.45) is 3.47. The second kappa shape index (κ2) is 9.98. The monoisotopic (exact) mass is 620 g/mol. The number of Topliss-reactive ketones (excluding diaryl/α,β-unsaturated/α-hetero) is 1. The normalized spacial score (nSPS) is 21.0. The third kappa shape index (κ3) is 4.19. The Kier molecular flexibility index (Phi) is 6.07. The summed E-state index contributed by atoms with van der Waals surface area (Å²) in [6, 6.07) is 24.4. The van der Waals surface area contributed by atoms with Gasteiger partial charge in [-0.2, -0.15) is 0 Å². The number of ketones is 1. The van der Waals surface area contributed by atoms with Crippen molar-refractivity contribution in [1.29, 1.82) is 0 Å². The van der Waals surface area contributed by atoms with Gasteiger partial charge in [-0.1, -0.05) is 64.5 Å². The predicted octanol–water partition coefficient (Wildman–Crippen LogP) is 6.82. The van der Waals surface area contributed by atoms with E-state index in [1.54, 1.807) is 0 Å². The third-order valence-corrected chi connectivity index (χ3v) is 9.72. The number of rotatable bonds is 4. The number of carbonyl (C=O) groups excluding carboxylic acids is 2. The molecule has 0 saturated carbocycles. The van der Waals surface area contributed by atoms with Gasteiger partial charge in [-0.15, -0.1) is 0 Å². The number of benzene rings is 3. The number of ether oxygens (including phenoxy) is 1. The topological polar surface area (TPSA) is 89.0 Å². The molecule has 42 heavy (non-hydrogen) atoms. The third-order valence-electron chi connectivity index (χ3n) is 9.22. The van der Waals surface area contributed by atoms with Gasteiger partial charge in [0.1, 0.15) is 18.2 Å². The number of nitrogens with zero attached hydrogens (tertiary/aromatic N) is 2. The summed E-state index contributed by atoms with van der Waals surface area (Å²) in [5.74, 6) is 0.444. The van der Waals surface area contributed by atoms with E-state index in [2.05, 4.69) is 67.3 Å². The van der Waals surface area contributed by atoms with Gasteiger partial charge in [-0.3, -0.25) is 4.79 Å². The Morgan fingerprint density at radius 3 is 2.60 bits per heavy atom. The van der Waals surface area contributed by atoms with Crippen molar-refractivity contribution in [2.24, 2.45) is 0 Å². The van der Waals surface area contributed by atoms with Crippen LogP contribution in [0.4, 0.5) is 4.79 Å². The lowest BCUT2D eigenvalue weighted by molar-refractivity contribution is -0.121. The van der Waals surface area contributed by atoms with Gasteiger partial charge in [0.2, 0.25) is 0 Å². The molecule has 0 radical (unpaired) electrons. The SMILES string of the molecule is O=C(N[C@H]1CCc2ccn3c2C1C(=O)C[C@H](c1nc2ccc(Br)cc2[nH]1)C3)OCC1c2ccccc2-c2ccccc21. The van der Waals surface area contributed by atoms with E-state index in [0.717, 1.165) is 33.4 Å². The highest BCUT2D eigenvalue weighted by Crippen LogP contribution is 2.45. The van der Waals surface area contributed by atoms with E-state index in [0.29, 0.717) is 19.4 Å². The average Bonchev–Trinajstić information content (AvgIpc) is 3.66. The zero-order valence-corrected chi connectivity index (χ0v) is 24.4. The summed E-state index contributed by atoms with van der Waals surface area (Å²) >= 11 is 3.53. The van der Waals surface area contributed by atoms with Crippen LogP contribution in [0.1, 0.15) is 58.8 Å². The quantitative estimate of drug-likeness (QED) is 0.231. The van der Waals surface area contributed by atoms with Crippen LogP contribution in [0.25, 0.3) is 22.2 Å². The highest BCUT2D eigenvalue weighted by Gasteiger charge is 2.42. The van der Waals surface area contributed by atoms with Crippen LogP contribution >= 0.6 is 15.9 Å². The molecule has 8 rings (SSSR count). The first-order valence-electron chi connectivity index (χ1n) is 14.5. The van der Waals surface area contributed by atoms with Gasteiger partial charge in [0.05, 0.1) is 17.0 Å². The molecule has 2 aliphatic carbocycles. The summed E-state index contributed by atoms with van der Waals surface area (Å²) in [6.45, 7) is 0.910. The Hall–Kier alpha value is -4.17. The highest BCUT2D eigenvalue weighted by molar-refractivity contribution is 9.10. The van der Waals surface area contributed by atoms with Crippen LogP contribution < -0.4 is 5.32 Å². The second-order valence-corrected chi connectivity index (χ2v) is 12.5. The van der Waals surface area contributed by atoms with E-state index < -0.39 is 12.0 Å². The summed E-state index contributed by atoms with van der Waals surface area (Å²) in [5, 5.41) is 3.10.